The van der Waals surface area contributed by atoms with E-state index in [9.17, 15) is 0 Å². The topological polar surface area (TPSA) is 32.5 Å². The Balaban J connectivity index is 2.32. The number of anilines is 1. The molecular weight excluding hydrogens is 266 g/mol. The van der Waals surface area contributed by atoms with Crippen LogP contribution in [0.5, 0.6) is 0 Å². The van der Waals surface area contributed by atoms with Gasteiger partial charge in [0.05, 0.1) is 0 Å². The Hall–Kier alpha value is -0.710. The number of nitrogens with zero attached hydrogens (tertiary/aromatic N) is 2. The third-order valence-electron chi connectivity index (χ3n) is 3.97. The van der Waals surface area contributed by atoms with Gasteiger partial charge in [-0.15, -0.1) is 11.8 Å². The molecule has 0 aromatic heterocycles. The van der Waals surface area contributed by atoms with Gasteiger partial charge >= 0.3 is 0 Å². The molecular formula is C16H27N3S. The average molecular weight is 293 g/mol. The molecule has 1 unspecified atom stereocenters. The lowest BCUT2D eigenvalue weighted by Crippen LogP contribution is -2.38. The maximum atomic E-state index is 6.05. The second kappa shape index (κ2) is 7.34. The van der Waals surface area contributed by atoms with Gasteiger partial charge in [-0.25, -0.2) is 0 Å². The summed E-state index contributed by atoms with van der Waals surface area (Å²) in [6, 6.07) is 7.15. The highest BCUT2D eigenvalue weighted by Crippen LogP contribution is 2.32. The molecule has 0 aliphatic carbocycles. The monoisotopic (exact) mass is 293 g/mol. The van der Waals surface area contributed by atoms with E-state index in [0.717, 1.165) is 18.8 Å². The first-order chi connectivity index (χ1) is 9.67. The van der Waals surface area contributed by atoms with Crippen LogP contribution in [0.1, 0.15) is 25.8 Å². The molecule has 1 atom stereocenters. The smallest absolute Gasteiger partial charge is 0.0425 e. The summed E-state index contributed by atoms with van der Waals surface area (Å²) in [6.07, 6.45) is 1.22. The minimum atomic E-state index is 0.537. The molecule has 1 saturated heterocycles. The van der Waals surface area contributed by atoms with Crippen LogP contribution in [-0.4, -0.2) is 43.4 Å². The highest BCUT2D eigenvalue weighted by Gasteiger charge is 2.22. The molecule has 4 heteroatoms. The van der Waals surface area contributed by atoms with Crippen molar-refractivity contribution in [2.45, 2.75) is 37.8 Å². The molecule has 1 aromatic carbocycles. The van der Waals surface area contributed by atoms with Gasteiger partial charge in [0, 0.05) is 41.8 Å². The van der Waals surface area contributed by atoms with Gasteiger partial charge in [-0.05, 0) is 44.8 Å². The number of benzene rings is 1. The molecule has 0 spiro atoms. The van der Waals surface area contributed by atoms with Crippen LogP contribution < -0.4 is 10.6 Å². The number of thioether (sulfide) groups is 1. The fourth-order valence-electron chi connectivity index (χ4n) is 3.05. The van der Waals surface area contributed by atoms with Crippen molar-refractivity contribution in [2.24, 2.45) is 5.73 Å². The van der Waals surface area contributed by atoms with Gasteiger partial charge < -0.3 is 15.5 Å². The van der Waals surface area contributed by atoms with E-state index in [1.54, 1.807) is 0 Å². The number of rotatable bonds is 4. The summed E-state index contributed by atoms with van der Waals surface area (Å²) >= 11 is 1.89. The van der Waals surface area contributed by atoms with Gasteiger partial charge in [0.2, 0.25) is 0 Å². The molecule has 112 valence electrons. The normalized spacial score (nSPS) is 21.0. The van der Waals surface area contributed by atoms with Crippen LogP contribution in [0.25, 0.3) is 0 Å². The van der Waals surface area contributed by atoms with Gasteiger partial charge in [-0.2, -0.15) is 0 Å². The van der Waals surface area contributed by atoms with Gasteiger partial charge in [0.25, 0.3) is 0 Å². The molecule has 3 nitrogen and oxygen atoms in total. The maximum absolute atomic E-state index is 6.05. The predicted molar refractivity (Wildman–Crippen MR) is 89.7 cm³/mol. The quantitative estimate of drug-likeness (QED) is 0.865. The maximum Gasteiger partial charge on any atom is 0.0425 e. The first-order valence-corrected chi connectivity index (χ1v) is 8.55. The Morgan fingerprint density at radius 2 is 2.15 bits per heavy atom. The van der Waals surface area contributed by atoms with Crippen molar-refractivity contribution in [3.05, 3.63) is 23.8 Å². The van der Waals surface area contributed by atoms with Gasteiger partial charge in [-0.3, -0.25) is 0 Å². The van der Waals surface area contributed by atoms with Crippen molar-refractivity contribution >= 4 is 17.4 Å². The first kappa shape index (κ1) is 15.7. The highest BCUT2D eigenvalue weighted by atomic mass is 32.2. The van der Waals surface area contributed by atoms with Crippen LogP contribution in [0.15, 0.2) is 23.1 Å². The van der Waals surface area contributed by atoms with Crippen LogP contribution in [-0.2, 0) is 6.54 Å². The number of likely N-dealkylation sites (N-methyl/N-ethyl adjacent to an activating group) is 1. The molecule has 1 aliphatic heterocycles. The van der Waals surface area contributed by atoms with E-state index in [2.05, 4.69) is 48.9 Å². The van der Waals surface area contributed by atoms with Crippen molar-refractivity contribution in [3.63, 3.8) is 0 Å². The first-order valence-electron chi connectivity index (χ1n) is 7.57. The Morgan fingerprint density at radius 1 is 1.35 bits per heavy atom. The molecule has 1 fully saturated rings. The van der Waals surface area contributed by atoms with Crippen molar-refractivity contribution in [2.75, 3.05) is 37.3 Å². The van der Waals surface area contributed by atoms with E-state index in [0.29, 0.717) is 12.6 Å². The number of hydrogen-bond donors (Lipinski definition) is 1. The van der Waals surface area contributed by atoms with Gasteiger partial charge in [0.1, 0.15) is 0 Å². The fraction of sp³-hybridized carbons (Fsp3) is 0.625. The zero-order chi connectivity index (χ0) is 14.5. The molecule has 0 amide bonds. The summed E-state index contributed by atoms with van der Waals surface area (Å²) < 4.78 is 0. The molecule has 1 heterocycles. The number of nitrogens with two attached hydrogens (primary N) is 1. The lowest BCUT2D eigenvalue weighted by Gasteiger charge is -2.32. The zero-order valence-electron chi connectivity index (χ0n) is 12.9. The summed E-state index contributed by atoms with van der Waals surface area (Å²) in [7, 11) is 2.22. The SMILES string of the molecule is CCSc1cccc(N2CCCN(C)CC2C)c1CN. The van der Waals surface area contributed by atoms with Crippen molar-refractivity contribution in [1.82, 2.24) is 4.90 Å². The molecule has 1 aliphatic rings. The summed E-state index contributed by atoms with van der Waals surface area (Å²) in [5.41, 5.74) is 8.71. The van der Waals surface area contributed by atoms with Crippen molar-refractivity contribution in [1.29, 1.82) is 0 Å². The zero-order valence-corrected chi connectivity index (χ0v) is 13.7. The standard InChI is InChI=1S/C16H27N3S/c1-4-20-16-8-5-7-15(14(16)11-17)19-10-6-9-18(3)12-13(19)2/h5,7-8,13H,4,6,9-12,17H2,1-3H3. The van der Waals surface area contributed by atoms with E-state index < -0.39 is 0 Å². The predicted octanol–water partition coefficient (Wildman–Crippen LogP) is 2.79. The van der Waals surface area contributed by atoms with Crippen molar-refractivity contribution < 1.29 is 0 Å². The average Bonchev–Trinajstić information content (AvgIpc) is 2.59. The summed E-state index contributed by atoms with van der Waals surface area (Å²) in [4.78, 5) is 6.32. The van der Waals surface area contributed by atoms with Crippen LogP contribution >= 0.6 is 11.8 Å². The molecule has 0 radical (unpaired) electrons. The van der Waals surface area contributed by atoms with E-state index in [1.807, 2.05) is 11.8 Å². The summed E-state index contributed by atoms with van der Waals surface area (Å²) in [5, 5.41) is 0. The van der Waals surface area contributed by atoms with Crippen LogP contribution in [0.2, 0.25) is 0 Å². The largest absolute Gasteiger partial charge is 0.367 e. The molecule has 2 N–H and O–H groups in total. The lowest BCUT2D eigenvalue weighted by atomic mass is 10.1. The Kier molecular flexibility index (Phi) is 5.75. The third-order valence-corrected chi connectivity index (χ3v) is 4.95. The van der Waals surface area contributed by atoms with E-state index in [4.69, 9.17) is 5.73 Å². The minimum Gasteiger partial charge on any atom is -0.367 e. The second-order valence-electron chi connectivity index (χ2n) is 5.55. The van der Waals surface area contributed by atoms with E-state index >= 15 is 0 Å². The van der Waals surface area contributed by atoms with Crippen LogP contribution in [0.4, 0.5) is 5.69 Å². The van der Waals surface area contributed by atoms with Crippen LogP contribution in [0, 0.1) is 0 Å². The lowest BCUT2D eigenvalue weighted by molar-refractivity contribution is 0.337. The second-order valence-corrected chi connectivity index (χ2v) is 6.86. The molecule has 0 bridgehead atoms. The highest BCUT2D eigenvalue weighted by molar-refractivity contribution is 7.99. The molecule has 0 saturated carbocycles. The van der Waals surface area contributed by atoms with E-state index in [-0.39, 0.29) is 0 Å². The Labute approximate surface area is 127 Å². The molecule has 1 aromatic rings. The Morgan fingerprint density at radius 3 is 2.85 bits per heavy atom. The van der Waals surface area contributed by atoms with Gasteiger partial charge in [0.15, 0.2) is 0 Å². The van der Waals surface area contributed by atoms with Crippen molar-refractivity contribution in [3.8, 4) is 0 Å². The Bertz CT molecular complexity index is 436. The minimum absolute atomic E-state index is 0.537. The van der Waals surface area contributed by atoms with Crippen LogP contribution in [0.3, 0.4) is 0 Å². The molecule has 20 heavy (non-hydrogen) atoms. The molecule has 2 rings (SSSR count). The number of hydrogen-bond acceptors (Lipinski definition) is 4. The van der Waals surface area contributed by atoms with Gasteiger partial charge in [-0.1, -0.05) is 13.0 Å². The third kappa shape index (κ3) is 3.48. The summed E-state index contributed by atoms with van der Waals surface area (Å²) in [5.74, 6) is 1.09. The fourth-order valence-corrected chi connectivity index (χ4v) is 3.90. The van der Waals surface area contributed by atoms with E-state index in [1.165, 1.54) is 29.1 Å². The summed E-state index contributed by atoms with van der Waals surface area (Å²) in [6.45, 7) is 8.57.